The summed E-state index contributed by atoms with van der Waals surface area (Å²) < 4.78 is 12.5. The van der Waals surface area contributed by atoms with Crippen molar-refractivity contribution < 1.29 is 4.39 Å². The van der Waals surface area contributed by atoms with Gasteiger partial charge in [0.2, 0.25) is 0 Å². The number of rotatable bonds is 3. The van der Waals surface area contributed by atoms with Gasteiger partial charge in [0.05, 0.1) is 6.07 Å². The van der Waals surface area contributed by atoms with Crippen molar-refractivity contribution >= 4 is 5.69 Å². The minimum Gasteiger partial charge on any atom is -0.365 e. The lowest BCUT2D eigenvalue weighted by molar-refractivity contribution is 0.410. The molecule has 0 aromatic heterocycles. The van der Waals surface area contributed by atoms with E-state index in [2.05, 4.69) is 5.32 Å². The third-order valence-corrected chi connectivity index (χ3v) is 1.99. The second kappa shape index (κ2) is 4.10. The lowest BCUT2D eigenvalue weighted by Crippen LogP contribution is -2.35. The summed E-state index contributed by atoms with van der Waals surface area (Å²) in [6.07, 6.45) is 0. The molecule has 0 bridgehead atoms. The summed E-state index contributed by atoms with van der Waals surface area (Å²) in [7, 11) is 0. The predicted octanol–water partition coefficient (Wildman–Crippen LogP) is 2.66. The summed E-state index contributed by atoms with van der Waals surface area (Å²) in [4.78, 5) is 0. The van der Waals surface area contributed by atoms with Gasteiger partial charge in [-0.1, -0.05) is 17.7 Å². The molecular weight excluding hydrogens is 179 g/mol. The zero-order valence-corrected chi connectivity index (χ0v) is 8.34. The molecule has 1 rings (SSSR count). The van der Waals surface area contributed by atoms with Gasteiger partial charge in [-0.25, -0.2) is 4.39 Å². The van der Waals surface area contributed by atoms with Crippen LogP contribution in [-0.4, -0.2) is 12.2 Å². The molecule has 0 saturated carbocycles. The van der Waals surface area contributed by atoms with Gasteiger partial charge in [-0.3, -0.25) is 0 Å². The molecule has 0 fully saturated rings. The maximum absolute atomic E-state index is 12.5. The summed E-state index contributed by atoms with van der Waals surface area (Å²) in [6.45, 7) is 2.80. The lowest BCUT2D eigenvalue weighted by atomic mass is 10.1. The summed E-state index contributed by atoms with van der Waals surface area (Å²) in [5, 5.41) is 11.6. The zero-order chi connectivity index (χ0) is 10.6. The Labute approximate surface area is 83.4 Å². The lowest BCUT2D eigenvalue weighted by Gasteiger charge is -2.20. The van der Waals surface area contributed by atoms with E-state index in [1.807, 2.05) is 37.3 Å². The highest BCUT2D eigenvalue weighted by molar-refractivity contribution is 5.48. The van der Waals surface area contributed by atoms with Gasteiger partial charge in [-0.15, -0.1) is 0 Å². The molecule has 0 amide bonds. The van der Waals surface area contributed by atoms with Gasteiger partial charge in [0.15, 0.2) is 5.54 Å². The van der Waals surface area contributed by atoms with E-state index in [0.717, 1.165) is 11.3 Å². The highest BCUT2D eigenvalue weighted by Gasteiger charge is 2.22. The number of halogens is 1. The normalized spacial score (nSPS) is 14.1. The second-order valence-electron chi connectivity index (χ2n) is 3.57. The van der Waals surface area contributed by atoms with E-state index in [1.54, 1.807) is 0 Å². The number of nitrogens with one attached hydrogen (secondary N) is 1. The molecule has 1 atom stereocenters. The molecule has 14 heavy (non-hydrogen) atoms. The van der Waals surface area contributed by atoms with E-state index in [-0.39, 0.29) is 0 Å². The zero-order valence-electron chi connectivity index (χ0n) is 8.34. The van der Waals surface area contributed by atoms with E-state index >= 15 is 0 Å². The predicted molar refractivity (Wildman–Crippen MR) is 54.8 cm³/mol. The van der Waals surface area contributed by atoms with E-state index in [4.69, 9.17) is 5.26 Å². The number of aryl methyl sites for hydroxylation is 1. The third kappa shape index (κ3) is 2.46. The number of hydrogen-bond donors (Lipinski definition) is 1. The maximum atomic E-state index is 12.5. The van der Waals surface area contributed by atoms with Gasteiger partial charge in [-0.05, 0) is 26.0 Å². The summed E-state index contributed by atoms with van der Waals surface area (Å²) in [5.41, 5.74) is 0.765. The van der Waals surface area contributed by atoms with Crippen LogP contribution in [0.3, 0.4) is 0 Å². The minimum atomic E-state index is -1.13. The van der Waals surface area contributed by atoms with Crippen LogP contribution in [0.1, 0.15) is 12.5 Å². The molecule has 0 aliphatic heterocycles. The smallest absolute Gasteiger partial charge is 0.151 e. The largest absolute Gasteiger partial charge is 0.365 e. The van der Waals surface area contributed by atoms with Crippen molar-refractivity contribution in [3.8, 4) is 6.07 Å². The maximum Gasteiger partial charge on any atom is 0.151 e. The monoisotopic (exact) mass is 192 g/mol. The standard InChI is InChI=1S/C11H13FN2/c1-9-3-5-10(6-4-9)14-11(2,7-12)8-13/h3-6,14H,7H2,1-2H3. The average Bonchev–Trinajstić information content (AvgIpc) is 2.21. The van der Waals surface area contributed by atoms with Crippen molar-refractivity contribution in [3.05, 3.63) is 29.8 Å². The van der Waals surface area contributed by atoms with Crippen molar-refractivity contribution in [3.63, 3.8) is 0 Å². The van der Waals surface area contributed by atoms with E-state index < -0.39 is 12.2 Å². The number of hydrogen-bond acceptors (Lipinski definition) is 2. The van der Waals surface area contributed by atoms with Gasteiger partial charge in [0.25, 0.3) is 0 Å². The average molecular weight is 192 g/mol. The van der Waals surface area contributed by atoms with Crippen LogP contribution < -0.4 is 5.32 Å². The molecule has 1 aromatic rings. The summed E-state index contributed by atoms with van der Waals surface area (Å²) in [5.74, 6) is 0. The van der Waals surface area contributed by atoms with E-state index in [9.17, 15) is 4.39 Å². The fraction of sp³-hybridized carbons (Fsp3) is 0.364. The molecule has 0 radical (unpaired) electrons. The highest BCUT2D eigenvalue weighted by Crippen LogP contribution is 2.15. The van der Waals surface area contributed by atoms with Gasteiger partial charge < -0.3 is 5.32 Å². The van der Waals surface area contributed by atoms with Crippen LogP contribution in [0.15, 0.2) is 24.3 Å². The molecule has 74 valence electrons. The molecule has 2 nitrogen and oxygen atoms in total. The van der Waals surface area contributed by atoms with Crippen molar-refractivity contribution in [1.82, 2.24) is 0 Å². The fourth-order valence-electron chi connectivity index (χ4n) is 1.05. The molecule has 0 saturated heterocycles. The molecule has 0 heterocycles. The quantitative estimate of drug-likeness (QED) is 0.799. The first-order chi connectivity index (χ1) is 6.59. The Kier molecular flexibility index (Phi) is 3.08. The minimum absolute atomic E-state index is 0.711. The first kappa shape index (κ1) is 10.5. The fourth-order valence-corrected chi connectivity index (χ4v) is 1.05. The number of alkyl halides is 1. The first-order valence-electron chi connectivity index (χ1n) is 4.42. The van der Waals surface area contributed by atoms with E-state index in [0.29, 0.717) is 0 Å². The van der Waals surface area contributed by atoms with Gasteiger partial charge in [-0.2, -0.15) is 5.26 Å². The topological polar surface area (TPSA) is 35.8 Å². The SMILES string of the molecule is Cc1ccc(NC(C)(C#N)CF)cc1. The number of anilines is 1. The van der Waals surface area contributed by atoms with Gasteiger partial charge in [0, 0.05) is 5.69 Å². The number of nitriles is 1. The van der Waals surface area contributed by atoms with Crippen LogP contribution in [0.2, 0.25) is 0 Å². The van der Waals surface area contributed by atoms with Crippen LogP contribution in [-0.2, 0) is 0 Å². The Hall–Kier alpha value is -1.56. The van der Waals surface area contributed by atoms with Crippen LogP contribution >= 0.6 is 0 Å². The van der Waals surface area contributed by atoms with Gasteiger partial charge >= 0.3 is 0 Å². The molecule has 1 N–H and O–H groups in total. The Balaban J connectivity index is 2.79. The van der Waals surface area contributed by atoms with E-state index in [1.165, 1.54) is 6.92 Å². The summed E-state index contributed by atoms with van der Waals surface area (Å²) in [6, 6.07) is 9.40. The van der Waals surface area contributed by atoms with Crippen molar-refractivity contribution in [2.75, 3.05) is 12.0 Å². The molecule has 0 aliphatic rings. The molecule has 0 spiro atoms. The molecule has 3 heteroatoms. The molecular formula is C11H13FN2. The van der Waals surface area contributed by atoms with Crippen LogP contribution in [0.4, 0.5) is 10.1 Å². The molecule has 1 unspecified atom stereocenters. The Morgan fingerprint density at radius 3 is 2.43 bits per heavy atom. The number of nitrogens with zero attached hydrogens (tertiary/aromatic N) is 1. The first-order valence-corrected chi connectivity index (χ1v) is 4.42. The number of benzene rings is 1. The summed E-state index contributed by atoms with van der Waals surface area (Å²) >= 11 is 0. The van der Waals surface area contributed by atoms with Crippen molar-refractivity contribution in [1.29, 1.82) is 5.26 Å². The second-order valence-corrected chi connectivity index (χ2v) is 3.57. The molecule has 1 aromatic carbocycles. The van der Waals surface area contributed by atoms with Crippen molar-refractivity contribution in [2.45, 2.75) is 19.4 Å². The molecule has 0 aliphatic carbocycles. The van der Waals surface area contributed by atoms with Crippen molar-refractivity contribution in [2.24, 2.45) is 0 Å². The van der Waals surface area contributed by atoms with Crippen LogP contribution in [0.5, 0.6) is 0 Å². The Morgan fingerprint density at radius 1 is 1.43 bits per heavy atom. The Bertz CT molecular complexity index is 339. The van der Waals surface area contributed by atoms with Gasteiger partial charge in [0.1, 0.15) is 6.67 Å². The Morgan fingerprint density at radius 2 is 2.00 bits per heavy atom. The van der Waals surface area contributed by atoms with Crippen LogP contribution in [0.25, 0.3) is 0 Å². The van der Waals surface area contributed by atoms with Crippen LogP contribution in [0, 0.1) is 18.3 Å². The highest BCUT2D eigenvalue weighted by atomic mass is 19.1. The third-order valence-electron chi connectivity index (χ3n) is 1.99.